The summed E-state index contributed by atoms with van der Waals surface area (Å²) in [6.07, 6.45) is 1.54. The van der Waals surface area contributed by atoms with E-state index in [-0.39, 0.29) is 11.9 Å². The summed E-state index contributed by atoms with van der Waals surface area (Å²) < 4.78 is 5.48. The first kappa shape index (κ1) is 13.1. The van der Waals surface area contributed by atoms with Gasteiger partial charge in [-0.15, -0.1) is 0 Å². The molecule has 2 heterocycles. The Bertz CT molecular complexity index is 560. The summed E-state index contributed by atoms with van der Waals surface area (Å²) in [6.45, 7) is 3.75. The second kappa shape index (κ2) is 5.56. The van der Waals surface area contributed by atoms with E-state index in [1.54, 1.807) is 25.4 Å². The van der Waals surface area contributed by atoms with Crippen LogP contribution in [0.4, 0.5) is 5.82 Å². The molecular formula is C14H17N3O2. The molecule has 1 amide bonds. The SMILES string of the molecule is CNc1ccc(C(=O)NC(C)c2ccc(C)o2)cn1. The average molecular weight is 259 g/mol. The Labute approximate surface area is 112 Å². The molecule has 2 rings (SSSR count). The van der Waals surface area contributed by atoms with Crippen LogP contribution >= 0.6 is 0 Å². The predicted octanol–water partition coefficient (Wildman–Crippen LogP) is 2.52. The van der Waals surface area contributed by atoms with Crippen molar-refractivity contribution in [3.63, 3.8) is 0 Å². The predicted molar refractivity (Wildman–Crippen MR) is 73.1 cm³/mol. The van der Waals surface area contributed by atoms with Crippen LogP contribution in [-0.2, 0) is 0 Å². The van der Waals surface area contributed by atoms with E-state index in [4.69, 9.17) is 4.42 Å². The fourth-order valence-electron chi connectivity index (χ4n) is 1.71. The normalized spacial score (nSPS) is 11.9. The van der Waals surface area contributed by atoms with Crippen LogP contribution in [0.2, 0.25) is 0 Å². The van der Waals surface area contributed by atoms with E-state index in [2.05, 4.69) is 15.6 Å². The smallest absolute Gasteiger partial charge is 0.253 e. The lowest BCUT2D eigenvalue weighted by molar-refractivity contribution is 0.0935. The van der Waals surface area contributed by atoms with E-state index in [0.29, 0.717) is 5.56 Å². The summed E-state index contributed by atoms with van der Waals surface area (Å²) in [5, 5.41) is 5.77. The Kier molecular flexibility index (Phi) is 3.85. The summed E-state index contributed by atoms with van der Waals surface area (Å²) in [5.74, 6) is 2.13. The third kappa shape index (κ3) is 3.13. The number of hydrogen-bond donors (Lipinski definition) is 2. The molecule has 0 aromatic carbocycles. The Morgan fingerprint density at radius 2 is 2.11 bits per heavy atom. The zero-order chi connectivity index (χ0) is 13.8. The first-order valence-corrected chi connectivity index (χ1v) is 6.11. The molecule has 2 aromatic heterocycles. The van der Waals surface area contributed by atoms with Crippen molar-refractivity contribution in [3.8, 4) is 0 Å². The zero-order valence-corrected chi connectivity index (χ0v) is 11.2. The molecule has 0 saturated heterocycles. The minimum Gasteiger partial charge on any atom is -0.464 e. The summed E-state index contributed by atoms with van der Waals surface area (Å²) >= 11 is 0. The minimum absolute atomic E-state index is 0.170. The Morgan fingerprint density at radius 3 is 2.63 bits per heavy atom. The number of hydrogen-bond acceptors (Lipinski definition) is 4. The molecule has 5 nitrogen and oxygen atoms in total. The van der Waals surface area contributed by atoms with Gasteiger partial charge in [0, 0.05) is 13.2 Å². The van der Waals surface area contributed by atoms with Crippen LogP contribution in [-0.4, -0.2) is 17.9 Å². The van der Waals surface area contributed by atoms with Crippen molar-refractivity contribution >= 4 is 11.7 Å². The molecule has 2 N–H and O–H groups in total. The van der Waals surface area contributed by atoms with Gasteiger partial charge in [0.25, 0.3) is 5.91 Å². The van der Waals surface area contributed by atoms with Crippen molar-refractivity contribution in [1.29, 1.82) is 0 Å². The molecule has 2 aromatic rings. The third-order valence-electron chi connectivity index (χ3n) is 2.82. The molecule has 0 saturated carbocycles. The number of rotatable bonds is 4. The van der Waals surface area contributed by atoms with Crippen LogP contribution in [0.3, 0.4) is 0 Å². The number of aryl methyl sites for hydroxylation is 1. The quantitative estimate of drug-likeness (QED) is 0.885. The van der Waals surface area contributed by atoms with Gasteiger partial charge in [-0.3, -0.25) is 4.79 Å². The van der Waals surface area contributed by atoms with Crippen molar-refractivity contribution in [2.45, 2.75) is 19.9 Å². The molecule has 0 aliphatic carbocycles. The van der Waals surface area contributed by atoms with E-state index in [9.17, 15) is 4.79 Å². The molecule has 0 radical (unpaired) electrons. The number of carbonyl (C=O) groups excluding carboxylic acids is 1. The second-order valence-corrected chi connectivity index (χ2v) is 4.33. The summed E-state index contributed by atoms with van der Waals surface area (Å²) in [4.78, 5) is 16.1. The Hall–Kier alpha value is -2.30. The highest BCUT2D eigenvalue weighted by Crippen LogP contribution is 2.16. The number of furan rings is 1. The second-order valence-electron chi connectivity index (χ2n) is 4.33. The first-order valence-electron chi connectivity index (χ1n) is 6.11. The molecule has 0 aliphatic rings. The van der Waals surface area contributed by atoms with Crippen LogP contribution in [0.15, 0.2) is 34.9 Å². The minimum atomic E-state index is -0.176. The molecule has 1 unspecified atom stereocenters. The summed E-state index contributed by atoms with van der Waals surface area (Å²) in [5.41, 5.74) is 0.522. The topological polar surface area (TPSA) is 67.2 Å². The highest BCUT2D eigenvalue weighted by molar-refractivity contribution is 5.94. The number of nitrogens with zero attached hydrogens (tertiary/aromatic N) is 1. The number of nitrogens with one attached hydrogen (secondary N) is 2. The fraction of sp³-hybridized carbons (Fsp3) is 0.286. The van der Waals surface area contributed by atoms with Gasteiger partial charge in [0.15, 0.2) is 0 Å². The van der Waals surface area contributed by atoms with Crippen LogP contribution in [0.25, 0.3) is 0 Å². The maximum Gasteiger partial charge on any atom is 0.253 e. The van der Waals surface area contributed by atoms with Crippen LogP contribution < -0.4 is 10.6 Å². The van der Waals surface area contributed by atoms with Crippen molar-refractivity contribution in [1.82, 2.24) is 10.3 Å². The maximum absolute atomic E-state index is 12.0. The molecule has 1 atom stereocenters. The van der Waals surface area contributed by atoms with Crippen LogP contribution in [0.5, 0.6) is 0 Å². The molecule has 5 heteroatoms. The largest absolute Gasteiger partial charge is 0.464 e. The number of aromatic nitrogens is 1. The van der Waals surface area contributed by atoms with Crippen LogP contribution in [0, 0.1) is 6.92 Å². The Morgan fingerprint density at radius 1 is 1.32 bits per heavy atom. The first-order chi connectivity index (χ1) is 9.10. The standard InChI is InChI=1S/C14H17N3O2/c1-9-4-6-12(19-9)10(2)17-14(18)11-5-7-13(15-3)16-8-11/h4-8,10H,1-3H3,(H,15,16)(H,17,18). The van der Waals surface area contributed by atoms with E-state index in [0.717, 1.165) is 17.3 Å². The molecular weight excluding hydrogens is 242 g/mol. The van der Waals surface area contributed by atoms with E-state index >= 15 is 0 Å². The van der Waals surface area contributed by atoms with E-state index in [1.807, 2.05) is 26.0 Å². The molecule has 100 valence electrons. The lowest BCUT2D eigenvalue weighted by Crippen LogP contribution is -2.26. The molecule has 19 heavy (non-hydrogen) atoms. The molecule has 0 bridgehead atoms. The average Bonchev–Trinajstić information content (AvgIpc) is 2.85. The summed E-state index contributed by atoms with van der Waals surface area (Å²) in [7, 11) is 1.78. The van der Waals surface area contributed by atoms with Gasteiger partial charge in [0.2, 0.25) is 0 Å². The van der Waals surface area contributed by atoms with Gasteiger partial charge in [0.1, 0.15) is 17.3 Å². The van der Waals surface area contributed by atoms with Crippen molar-refractivity contribution in [2.75, 3.05) is 12.4 Å². The van der Waals surface area contributed by atoms with E-state index < -0.39 is 0 Å². The zero-order valence-electron chi connectivity index (χ0n) is 11.2. The van der Waals surface area contributed by atoms with Gasteiger partial charge in [-0.05, 0) is 38.1 Å². The van der Waals surface area contributed by atoms with Gasteiger partial charge in [0.05, 0.1) is 11.6 Å². The number of amides is 1. The highest BCUT2D eigenvalue weighted by Gasteiger charge is 2.14. The number of pyridine rings is 1. The molecule has 0 spiro atoms. The van der Waals surface area contributed by atoms with Gasteiger partial charge < -0.3 is 15.1 Å². The van der Waals surface area contributed by atoms with Crippen LogP contribution in [0.1, 0.15) is 34.8 Å². The lowest BCUT2D eigenvalue weighted by Gasteiger charge is -2.11. The van der Waals surface area contributed by atoms with Gasteiger partial charge in [-0.25, -0.2) is 4.98 Å². The number of carbonyl (C=O) groups is 1. The van der Waals surface area contributed by atoms with E-state index in [1.165, 1.54) is 0 Å². The lowest BCUT2D eigenvalue weighted by atomic mass is 10.2. The monoisotopic (exact) mass is 259 g/mol. The van der Waals surface area contributed by atoms with Gasteiger partial charge in [-0.2, -0.15) is 0 Å². The highest BCUT2D eigenvalue weighted by atomic mass is 16.3. The molecule has 0 fully saturated rings. The summed E-state index contributed by atoms with van der Waals surface area (Å²) in [6, 6.07) is 7.06. The van der Waals surface area contributed by atoms with Crippen molar-refractivity contribution in [3.05, 3.63) is 47.5 Å². The molecule has 0 aliphatic heterocycles. The Balaban J connectivity index is 2.03. The van der Waals surface area contributed by atoms with Gasteiger partial charge in [-0.1, -0.05) is 0 Å². The van der Waals surface area contributed by atoms with Crippen molar-refractivity contribution in [2.24, 2.45) is 0 Å². The number of anilines is 1. The third-order valence-corrected chi connectivity index (χ3v) is 2.82. The maximum atomic E-state index is 12.0. The van der Waals surface area contributed by atoms with Crippen molar-refractivity contribution < 1.29 is 9.21 Å². The fourth-order valence-corrected chi connectivity index (χ4v) is 1.71. The van der Waals surface area contributed by atoms with Gasteiger partial charge >= 0.3 is 0 Å².